The smallest absolute Gasteiger partial charge is 0.133 e. The van der Waals surface area contributed by atoms with E-state index in [0.29, 0.717) is 0 Å². The van der Waals surface area contributed by atoms with Crippen molar-refractivity contribution in [2.24, 2.45) is 4.99 Å². The molecule has 0 amide bonds. The molecule has 3 rings (SSSR count). The van der Waals surface area contributed by atoms with E-state index in [1.165, 1.54) is 22.7 Å². The molecule has 0 bridgehead atoms. The van der Waals surface area contributed by atoms with Crippen LogP contribution >= 0.6 is 27.7 Å². The van der Waals surface area contributed by atoms with Crippen LogP contribution in [0.15, 0.2) is 32.6 Å². The van der Waals surface area contributed by atoms with Crippen LogP contribution in [0, 0.1) is 0 Å². The molecule has 0 fully saturated rings. The summed E-state index contributed by atoms with van der Waals surface area (Å²) >= 11 is 5.53. The van der Waals surface area contributed by atoms with Gasteiger partial charge in [-0.15, -0.1) is 11.8 Å². The molecule has 1 aromatic rings. The SMILES string of the molecule is Brc1cccc2c1C1=NCCCN1CS2. The highest BCUT2D eigenvalue weighted by molar-refractivity contribution is 9.10. The topological polar surface area (TPSA) is 15.6 Å². The van der Waals surface area contributed by atoms with Crippen molar-refractivity contribution in [2.75, 3.05) is 19.0 Å². The summed E-state index contributed by atoms with van der Waals surface area (Å²) in [7, 11) is 0. The second-order valence-electron chi connectivity index (χ2n) is 3.71. The first-order valence-corrected chi connectivity index (χ1v) is 6.85. The predicted molar refractivity (Wildman–Crippen MR) is 67.6 cm³/mol. The highest BCUT2D eigenvalue weighted by Crippen LogP contribution is 2.35. The lowest BCUT2D eigenvalue weighted by molar-refractivity contribution is 0.449. The monoisotopic (exact) mass is 282 g/mol. The van der Waals surface area contributed by atoms with Crippen LogP contribution in [0.5, 0.6) is 0 Å². The van der Waals surface area contributed by atoms with E-state index in [9.17, 15) is 0 Å². The number of nitrogens with zero attached hydrogens (tertiary/aromatic N) is 2. The van der Waals surface area contributed by atoms with Crippen molar-refractivity contribution in [1.82, 2.24) is 4.90 Å². The van der Waals surface area contributed by atoms with Gasteiger partial charge >= 0.3 is 0 Å². The Balaban J connectivity index is 2.17. The number of thioether (sulfide) groups is 1. The number of hydrogen-bond donors (Lipinski definition) is 0. The van der Waals surface area contributed by atoms with Gasteiger partial charge in [0.1, 0.15) is 5.84 Å². The van der Waals surface area contributed by atoms with Gasteiger partial charge < -0.3 is 4.90 Å². The lowest BCUT2D eigenvalue weighted by Crippen LogP contribution is -2.38. The van der Waals surface area contributed by atoms with Crippen molar-refractivity contribution in [1.29, 1.82) is 0 Å². The van der Waals surface area contributed by atoms with Crippen molar-refractivity contribution < 1.29 is 0 Å². The average Bonchev–Trinajstić information content (AvgIpc) is 2.29. The Kier molecular flexibility index (Phi) is 2.48. The average molecular weight is 283 g/mol. The van der Waals surface area contributed by atoms with Gasteiger partial charge in [0, 0.05) is 28.0 Å². The van der Waals surface area contributed by atoms with Crippen molar-refractivity contribution in [3.63, 3.8) is 0 Å². The molecule has 0 aromatic heterocycles. The van der Waals surface area contributed by atoms with Crippen LogP contribution in [-0.4, -0.2) is 29.7 Å². The number of hydrogen-bond acceptors (Lipinski definition) is 3. The Hall–Kier alpha value is -0.480. The van der Waals surface area contributed by atoms with E-state index in [0.717, 1.165) is 23.4 Å². The molecular formula is C11H11BrN2S. The minimum Gasteiger partial charge on any atom is -0.347 e. The maximum absolute atomic E-state index is 4.65. The van der Waals surface area contributed by atoms with Gasteiger partial charge in [-0.2, -0.15) is 0 Å². The zero-order valence-corrected chi connectivity index (χ0v) is 10.6. The van der Waals surface area contributed by atoms with E-state index in [1.807, 2.05) is 11.8 Å². The van der Waals surface area contributed by atoms with E-state index < -0.39 is 0 Å². The number of amidine groups is 1. The standard InChI is InChI=1S/C11H11BrN2S/c12-8-3-1-4-9-10(8)11-13-5-2-6-14(11)7-15-9/h1,3-4H,2,5-7H2. The molecule has 2 nitrogen and oxygen atoms in total. The molecule has 0 spiro atoms. The van der Waals surface area contributed by atoms with Crippen LogP contribution in [0.4, 0.5) is 0 Å². The summed E-state index contributed by atoms with van der Waals surface area (Å²) in [5.41, 5.74) is 1.29. The number of benzene rings is 1. The van der Waals surface area contributed by atoms with Gasteiger partial charge in [-0.05, 0) is 34.5 Å². The van der Waals surface area contributed by atoms with E-state index >= 15 is 0 Å². The zero-order chi connectivity index (χ0) is 10.3. The third-order valence-corrected chi connectivity index (χ3v) is 4.47. The molecule has 0 N–H and O–H groups in total. The number of halogens is 1. The van der Waals surface area contributed by atoms with Gasteiger partial charge in [0.15, 0.2) is 0 Å². The van der Waals surface area contributed by atoms with Crippen molar-refractivity contribution >= 4 is 33.5 Å². The maximum atomic E-state index is 4.65. The van der Waals surface area contributed by atoms with Crippen LogP contribution in [0.25, 0.3) is 0 Å². The summed E-state index contributed by atoms with van der Waals surface area (Å²) in [6.07, 6.45) is 1.18. The first-order valence-electron chi connectivity index (χ1n) is 5.07. The second-order valence-corrected chi connectivity index (χ2v) is 5.55. The lowest BCUT2D eigenvalue weighted by atomic mass is 10.1. The molecule has 2 heterocycles. The Bertz CT molecular complexity index is 431. The first-order chi connectivity index (χ1) is 7.36. The summed E-state index contributed by atoms with van der Waals surface area (Å²) in [4.78, 5) is 8.38. The number of fused-ring (bicyclic) bond motifs is 3. The third kappa shape index (κ3) is 1.60. The Morgan fingerprint density at radius 1 is 1.40 bits per heavy atom. The second kappa shape index (κ2) is 3.83. The maximum Gasteiger partial charge on any atom is 0.133 e. The molecule has 1 aromatic carbocycles. The fourth-order valence-corrected chi connectivity index (χ4v) is 3.75. The summed E-state index contributed by atoms with van der Waals surface area (Å²) in [6, 6.07) is 6.37. The van der Waals surface area contributed by atoms with Crippen LogP contribution in [-0.2, 0) is 0 Å². The molecule has 2 aliphatic rings. The van der Waals surface area contributed by atoms with Crippen LogP contribution in [0.2, 0.25) is 0 Å². The predicted octanol–water partition coefficient (Wildman–Crippen LogP) is 2.96. The Labute approximate surface area is 102 Å². The van der Waals surface area contributed by atoms with Crippen molar-refractivity contribution in [3.8, 4) is 0 Å². The normalized spacial score (nSPS) is 19.3. The molecule has 4 heteroatoms. The highest BCUT2D eigenvalue weighted by atomic mass is 79.9. The van der Waals surface area contributed by atoms with Gasteiger partial charge in [-0.1, -0.05) is 6.07 Å². The van der Waals surface area contributed by atoms with Gasteiger partial charge in [0.05, 0.1) is 5.88 Å². The Morgan fingerprint density at radius 2 is 2.33 bits per heavy atom. The molecule has 2 aliphatic heterocycles. The Morgan fingerprint density at radius 3 is 3.27 bits per heavy atom. The van der Waals surface area contributed by atoms with Crippen LogP contribution in [0.3, 0.4) is 0 Å². The van der Waals surface area contributed by atoms with Gasteiger partial charge in [0.2, 0.25) is 0 Å². The minimum atomic E-state index is 0.970. The van der Waals surface area contributed by atoms with E-state index in [1.54, 1.807) is 0 Å². The zero-order valence-electron chi connectivity index (χ0n) is 8.24. The minimum absolute atomic E-state index is 0.970. The van der Waals surface area contributed by atoms with Gasteiger partial charge in [-0.25, -0.2) is 0 Å². The summed E-state index contributed by atoms with van der Waals surface area (Å²) in [6.45, 7) is 2.11. The molecule has 0 unspecified atom stereocenters. The van der Waals surface area contributed by atoms with Crippen LogP contribution in [0.1, 0.15) is 12.0 Å². The number of rotatable bonds is 0. The summed E-state index contributed by atoms with van der Waals surface area (Å²) in [5.74, 6) is 2.23. The fourth-order valence-electron chi connectivity index (χ4n) is 2.00. The summed E-state index contributed by atoms with van der Waals surface area (Å²) < 4.78 is 1.16. The molecule has 0 saturated carbocycles. The number of aliphatic imine (C=N–C) groups is 1. The molecule has 0 saturated heterocycles. The van der Waals surface area contributed by atoms with E-state index in [2.05, 4.69) is 44.0 Å². The van der Waals surface area contributed by atoms with Crippen LogP contribution < -0.4 is 0 Å². The molecule has 78 valence electrons. The quantitative estimate of drug-likeness (QED) is 0.727. The molecule has 15 heavy (non-hydrogen) atoms. The first kappa shape index (κ1) is 9.73. The van der Waals surface area contributed by atoms with Gasteiger partial charge in [0.25, 0.3) is 0 Å². The lowest BCUT2D eigenvalue weighted by Gasteiger charge is -2.34. The van der Waals surface area contributed by atoms with Crippen molar-refractivity contribution in [3.05, 3.63) is 28.2 Å². The molecule has 0 atom stereocenters. The van der Waals surface area contributed by atoms with E-state index in [4.69, 9.17) is 0 Å². The van der Waals surface area contributed by atoms with Crippen molar-refractivity contribution in [2.45, 2.75) is 11.3 Å². The molecule has 0 radical (unpaired) electrons. The van der Waals surface area contributed by atoms with E-state index in [-0.39, 0.29) is 0 Å². The molecule has 0 aliphatic carbocycles. The highest BCUT2D eigenvalue weighted by Gasteiger charge is 2.26. The largest absolute Gasteiger partial charge is 0.347 e. The van der Waals surface area contributed by atoms with Gasteiger partial charge in [-0.3, -0.25) is 4.99 Å². The third-order valence-electron chi connectivity index (χ3n) is 2.72. The fraction of sp³-hybridized carbons (Fsp3) is 0.364. The summed E-state index contributed by atoms with van der Waals surface area (Å²) in [5, 5.41) is 0. The molecular weight excluding hydrogens is 272 g/mol.